The molecule has 1 heterocycles. The maximum Gasteiger partial charge on any atom is 0.163 e. The van der Waals surface area contributed by atoms with E-state index >= 15 is 0 Å². The van der Waals surface area contributed by atoms with Crippen molar-refractivity contribution in [1.29, 1.82) is 0 Å². The van der Waals surface area contributed by atoms with E-state index in [4.69, 9.17) is 0 Å². The zero-order valence-electron chi connectivity index (χ0n) is 12.4. The molecule has 1 aliphatic rings. The molecule has 0 spiro atoms. The quantitative estimate of drug-likeness (QED) is 0.597. The molecule has 1 fully saturated rings. The second kappa shape index (κ2) is 6.49. The number of benzene rings is 1. The van der Waals surface area contributed by atoms with Crippen molar-refractivity contribution in [1.82, 2.24) is 4.90 Å². The Hall–Kier alpha value is -1.22. The molecular formula is C17H24FNO. The zero-order valence-corrected chi connectivity index (χ0v) is 12.4. The molecule has 20 heavy (non-hydrogen) atoms. The summed E-state index contributed by atoms with van der Waals surface area (Å²) in [5.74, 6) is 0.0330. The Labute approximate surface area is 121 Å². The van der Waals surface area contributed by atoms with Crippen molar-refractivity contribution in [3.63, 3.8) is 0 Å². The van der Waals surface area contributed by atoms with Gasteiger partial charge in [0.15, 0.2) is 12.1 Å². The summed E-state index contributed by atoms with van der Waals surface area (Å²) < 4.78 is 14.2. The third-order valence-corrected chi connectivity index (χ3v) is 4.25. The summed E-state index contributed by atoms with van der Waals surface area (Å²) in [6.07, 6.45) is 1.65. The predicted octanol–water partition coefficient (Wildman–Crippen LogP) is 4.07. The van der Waals surface area contributed by atoms with Gasteiger partial charge in [0.25, 0.3) is 0 Å². The normalized spacial score (nSPS) is 20.6. The minimum absolute atomic E-state index is 0.0330. The van der Waals surface area contributed by atoms with Crippen molar-refractivity contribution >= 4 is 5.78 Å². The van der Waals surface area contributed by atoms with E-state index in [0.717, 1.165) is 25.9 Å². The average Bonchev–Trinajstić information content (AvgIpc) is 2.45. The number of Topliss-reactive ketones (excluding diaryl/α,β-unsaturated/α-hetero) is 1. The lowest BCUT2D eigenvalue weighted by Crippen LogP contribution is -2.42. The summed E-state index contributed by atoms with van der Waals surface area (Å²) in [5, 5.41) is 0. The molecule has 0 aromatic heterocycles. The molecule has 0 amide bonds. The number of hydrogen-bond acceptors (Lipinski definition) is 2. The molecule has 1 aromatic rings. The Kier molecular flexibility index (Phi) is 4.92. The standard InChI is InChI=1S/C17H24FNO/c1-17(2)10-12-19(13-11-17)16(18)9-8-15(20)14-6-4-3-5-7-14/h3-7,16H,8-13H2,1-2H3. The highest BCUT2D eigenvalue weighted by Gasteiger charge is 2.29. The summed E-state index contributed by atoms with van der Waals surface area (Å²) in [7, 11) is 0. The lowest BCUT2D eigenvalue weighted by atomic mass is 9.82. The number of halogens is 1. The Morgan fingerprint density at radius 3 is 2.45 bits per heavy atom. The summed E-state index contributed by atoms with van der Waals surface area (Å²) in [4.78, 5) is 13.8. The zero-order chi connectivity index (χ0) is 14.6. The number of alkyl halides is 1. The second-order valence-electron chi connectivity index (χ2n) is 6.46. The monoisotopic (exact) mass is 277 g/mol. The molecule has 0 bridgehead atoms. The molecule has 110 valence electrons. The molecule has 0 aliphatic carbocycles. The lowest BCUT2D eigenvalue weighted by Gasteiger charge is -2.38. The predicted molar refractivity (Wildman–Crippen MR) is 79.5 cm³/mol. The van der Waals surface area contributed by atoms with Crippen LogP contribution in [0.5, 0.6) is 0 Å². The van der Waals surface area contributed by atoms with E-state index in [0.29, 0.717) is 17.4 Å². The van der Waals surface area contributed by atoms with Gasteiger partial charge >= 0.3 is 0 Å². The van der Waals surface area contributed by atoms with Gasteiger partial charge in [-0.2, -0.15) is 0 Å². The minimum Gasteiger partial charge on any atom is -0.294 e. The number of nitrogens with zero attached hydrogens (tertiary/aromatic N) is 1. The Bertz CT molecular complexity index is 434. The summed E-state index contributed by atoms with van der Waals surface area (Å²) in [6, 6.07) is 9.14. The summed E-state index contributed by atoms with van der Waals surface area (Å²) in [6.45, 7) is 6.06. The van der Waals surface area contributed by atoms with Crippen LogP contribution in [-0.2, 0) is 0 Å². The number of likely N-dealkylation sites (tertiary alicyclic amines) is 1. The van der Waals surface area contributed by atoms with Crippen molar-refractivity contribution in [3.8, 4) is 0 Å². The van der Waals surface area contributed by atoms with E-state index in [1.165, 1.54) is 0 Å². The van der Waals surface area contributed by atoms with E-state index in [-0.39, 0.29) is 12.2 Å². The van der Waals surface area contributed by atoms with Crippen molar-refractivity contribution < 1.29 is 9.18 Å². The largest absolute Gasteiger partial charge is 0.294 e. The molecule has 0 N–H and O–H groups in total. The number of rotatable bonds is 5. The molecule has 0 radical (unpaired) electrons. The molecule has 1 atom stereocenters. The van der Waals surface area contributed by atoms with E-state index in [1.807, 2.05) is 23.1 Å². The van der Waals surface area contributed by atoms with Crippen molar-refractivity contribution in [2.45, 2.75) is 45.8 Å². The molecule has 1 unspecified atom stereocenters. The number of ketones is 1. The summed E-state index contributed by atoms with van der Waals surface area (Å²) in [5.41, 5.74) is 1.01. The van der Waals surface area contributed by atoms with Gasteiger partial charge in [-0.05, 0) is 24.7 Å². The fourth-order valence-electron chi connectivity index (χ4n) is 2.61. The number of hydrogen-bond donors (Lipinski definition) is 0. The van der Waals surface area contributed by atoms with Crippen molar-refractivity contribution in [3.05, 3.63) is 35.9 Å². The van der Waals surface area contributed by atoms with Gasteiger partial charge in [-0.3, -0.25) is 9.69 Å². The number of piperidine rings is 1. The maximum atomic E-state index is 14.2. The first kappa shape index (κ1) is 15.2. The van der Waals surface area contributed by atoms with Crippen LogP contribution in [0.4, 0.5) is 4.39 Å². The van der Waals surface area contributed by atoms with Crippen molar-refractivity contribution in [2.75, 3.05) is 13.1 Å². The first-order chi connectivity index (χ1) is 9.48. The smallest absolute Gasteiger partial charge is 0.163 e. The third-order valence-electron chi connectivity index (χ3n) is 4.25. The average molecular weight is 277 g/mol. The molecule has 2 rings (SSSR count). The van der Waals surface area contributed by atoms with Gasteiger partial charge in [0.1, 0.15) is 0 Å². The Morgan fingerprint density at radius 1 is 1.25 bits per heavy atom. The highest BCUT2D eigenvalue weighted by Crippen LogP contribution is 2.31. The highest BCUT2D eigenvalue weighted by molar-refractivity contribution is 5.95. The van der Waals surface area contributed by atoms with Crippen LogP contribution in [-0.4, -0.2) is 30.1 Å². The van der Waals surface area contributed by atoms with E-state index in [1.54, 1.807) is 12.1 Å². The molecule has 1 saturated heterocycles. The number of carbonyl (C=O) groups excluding carboxylic acids is 1. The molecule has 2 nitrogen and oxygen atoms in total. The minimum atomic E-state index is -0.987. The maximum absolute atomic E-state index is 14.2. The first-order valence-electron chi connectivity index (χ1n) is 7.44. The van der Waals surface area contributed by atoms with Gasteiger partial charge in [-0.15, -0.1) is 0 Å². The molecule has 1 aliphatic heterocycles. The van der Waals surface area contributed by atoms with Crippen LogP contribution in [0, 0.1) is 5.41 Å². The number of carbonyl (C=O) groups is 1. The van der Waals surface area contributed by atoms with E-state index in [9.17, 15) is 9.18 Å². The van der Waals surface area contributed by atoms with Crippen molar-refractivity contribution in [2.24, 2.45) is 5.41 Å². The fourth-order valence-corrected chi connectivity index (χ4v) is 2.61. The van der Waals surface area contributed by atoms with Crippen LogP contribution in [0.1, 0.15) is 49.9 Å². The SMILES string of the molecule is CC1(C)CCN(C(F)CCC(=O)c2ccccc2)CC1. The van der Waals surface area contributed by atoms with E-state index in [2.05, 4.69) is 13.8 Å². The van der Waals surface area contributed by atoms with Gasteiger partial charge in [-0.25, -0.2) is 4.39 Å². The van der Waals surface area contributed by atoms with Crippen LogP contribution < -0.4 is 0 Å². The van der Waals surface area contributed by atoms with Crippen LogP contribution in [0.2, 0.25) is 0 Å². The Morgan fingerprint density at radius 2 is 1.85 bits per heavy atom. The lowest BCUT2D eigenvalue weighted by molar-refractivity contribution is 0.0225. The first-order valence-corrected chi connectivity index (χ1v) is 7.44. The van der Waals surface area contributed by atoms with Crippen LogP contribution >= 0.6 is 0 Å². The molecule has 1 aromatic carbocycles. The van der Waals surface area contributed by atoms with Crippen LogP contribution in [0.15, 0.2) is 30.3 Å². The Balaban J connectivity index is 1.78. The highest BCUT2D eigenvalue weighted by atomic mass is 19.1. The van der Waals surface area contributed by atoms with Crippen LogP contribution in [0.3, 0.4) is 0 Å². The second-order valence-corrected chi connectivity index (χ2v) is 6.46. The third kappa shape index (κ3) is 4.14. The van der Waals surface area contributed by atoms with Crippen LogP contribution in [0.25, 0.3) is 0 Å². The van der Waals surface area contributed by atoms with Gasteiger partial charge in [0.05, 0.1) is 0 Å². The molecule has 0 saturated carbocycles. The summed E-state index contributed by atoms with van der Waals surface area (Å²) >= 11 is 0. The molecular weight excluding hydrogens is 253 g/mol. The van der Waals surface area contributed by atoms with E-state index < -0.39 is 6.30 Å². The van der Waals surface area contributed by atoms with Gasteiger partial charge < -0.3 is 0 Å². The fraction of sp³-hybridized carbons (Fsp3) is 0.588. The molecule has 3 heteroatoms. The van der Waals surface area contributed by atoms with Gasteiger partial charge in [0.2, 0.25) is 0 Å². The van der Waals surface area contributed by atoms with Gasteiger partial charge in [0, 0.05) is 25.1 Å². The topological polar surface area (TPSA) is 20.3 Å². The van der Waals surface area contributed by atoms with Gasteiger partial charge in [-0.1, -0.05) is 44.2 Å².